The molecule has 0 aliphatic carbocycles. The van der Waals surface area contributed by atoms with E-state index in [9.17, 15) is 16.8 Å². The lowest BCUT2D eigenvalue weighted by molar-refractivity contribution is 0.598. The van der Waals surface area contributed by atoms with Gasteiger partial charge in [-0.1, -0.05) is 18.2 Å². The van der Waals surface area contributed by atoms with Gasteiger partial charge in [0.15, 0.2) is 9.84 Å². The second-order valence-electron chi connectivity index (χ2n) is 6.17. The van der Waals surface area contributed by atoms with E-state index < -0.39 is 19.9 Å². The van der Waals surface area contributed by atoms with Gasteiger partial charge in [-0.25, -0.2) is 21.8 Å². The average Bonchev–Trinajstić information content (AvgIpc) is 2.97. The zero-order valence-corrected chi connectivity index (χ0v) is 16.0. The van der Waals surface area contributed by atoms with E-state index in [1.54, 1.807) is 30.3 Å². The van der Waals surface area contributed by atoms with Crippen LogP contribution in [0, 0.1) is 0 Å². The highest BCUT2D eigenvalue weighted by Gasteiger charge is 2.32. The molecule has 0 saturated carbocycles. The molecule has 7 nitrogen and oxygen atoms in total. The third kappa shape index (κ3) is 4.16. The van der Waals surface area contributed by atoms with Gasteiger partial charge in [-0.3, -0.25) is 4.72 Å². The minimum atomic E-state index is -3.67. The van der Waals surface area contributed by atoms with E-state index >= 15 is 0 Å². The minimum Gasteiger partial charge on any atom is -0.353 e. The van der Waals surface area contributed by atoms with Crippen molar-refractivity contribution in [3.63, 3.8) is 0 Å². The van der Waals surface area contributed by atoms with Gasteiger partial charge < -0.3 is 4.90 Å². The monoisotopic (exact) mass is 395 g/mol. The van der Waals surface area contributed by atoms with Crippen molar-refractivity contribution in [1.29, 1.82) is 0 Å². The van der Waals surface area contributed by atoms with Crippen LogP contribution in [-0.4, -0.2) is 45.9 Å². The summed E-state index contributed by atoms with van der Waals surface area (Å²) in [6.45, 7) is 2.57. The van der Waals surface area contributed by atoms with E-state index in [4.69, 9.17) is 0 Å². The lowest BCUT2D eigenvalue weighted by atomic mass is 10.2. The first-order valence-electron chi connectivity index (χ1n) is 8.32. The zero-order valence-electron chi connectivity index (χ0n) is 14.4. The Balaban J connectivity index is 1.76. The molecule has 1 aromatic heterocycles. The second-order valence-corrected chi connectivity index (χ2v) is 10.1. The molecule has 3 rings (SSSR count). The molecule has 9 heteroatoms. The number of sulfone groups is 1. The van der Waals surface area contributed by atoms with Gasteiger partial charge in [0.1, 0.15) is 5.82 Å². The maximum Gasteiger partial charge on any atom is 0.261 e. The van der Waals surface area contributed by atoms with E-state index in [0.29, 0.717) is 24.5 Å². The summed E-state index contributed by atoms with van der Waals surface area (Å²) >= 11 is 0. The van der Waals surface area contributed by atoms with E-state index in [2.05, 4.69) is 9.71 Å². The molecule has 1 N–H and O–H groups in total. The quantitative estimate of drug-likeness (QED) is 0.802. The molecule has 26 heavy (non-hydrogen) atoms. The fraction of sp³-hybridized carbons (Fsp3) is 0.353. The van der Waals surface area contributed by atoms with Crippen molar-refractivity contribution >= 4 is 31.4 Å². The standard InChI is InChI=1S/C17H21N3O4S2/c1-2-20(15-10-11-25(21,22)13-15)17-9-8-14(12-18-17)19-26(23,24)16-6-4-3-5-7-16/h3-9,12,15,19H,2,10-11,13H2,1H3. The van der Waals surface area contributed by atoms with Crippen LogP contribution in [0.15, 0.2) is 53.6 Å². The number of hydrogen-bond acceptors (Lipinski definition) is 6. The van der Waals surface area contributed by atoms with Crippen molar-refractivity contribution in [2.75, 3.05) is 27.7 Å². The van der Waals surface area contributed by atoms with Crippen LogP contribution in [0.4, 0.5) is 11.5 Å². The summed E-state index contributed by atoms with van der Waals surface area (Å²) in [5, 5.41) is 0. The van der Waals surface area contributed by atoms with Gasteiger partial charge >= 0.3 is 0 Å². The Morgan fingerprint density at radius 1 is 1.19 bits per heavy atom. The van der Waals surface area contributed by atoms with E-state index in [1.807, 2.05) is 11.8 Å². The molecule has 0 spiro atoms. The molecule has 1 saturated heterocycles. The van der Waals surface area contributed by atoms with Gasteiger partial charge in [0.05, 0.1) is 28.3 Å². The first-order chi connectivity index (χ1) is 12.3. The van der Waals surface area contributed by atoms with Crippen molar-refractivity contribution in [2.24, 2.45) is 0 Å². The molecular formula is C17H21N3O4S2. The number of aromatic nitrogens is 1. The van der Waals surface area contributed by atoms with Crippen molar-refractivity contribution in [3.8, 4) is 0 Å². The third-order valence-corrected chi connectivity index (χ3v) is 7.49. The molecule has 1 aromatic carbocycles. The lowest BCUT2D eigenvalue weighted by Crippen LogP contribution is -2.36. The highest BCUT2D eigenvalue weighted by atomic mass is 32.2. The summed E-state index contributed by atoms with van der Waals surface area (Å²) in [6.07, 6.45) is 2.03. The molecule has 1 unspecified atom stereocenters. The van der Waals surface area contributed by atoms with Gasteiger partial charge in [-0.05, 0) is 37.6 Å². The summed E-state index contributed by atoms with van der Waals surface area (Å²) in [7, 11) is -6.65. The lowest BCUT2D eigenvalue weighted by Gasteiger charge is -2.28. The molecule has 2 heterocycles. The number of benzene rings is 1. The van der Waals surface area contributed by atoms with Crippen LogP contribution < -0.4 is 9.62 Å². The molecule has 1 atom stereocenters. The maximum absolute atomic E-state index is 12.3. The summed E-state index contributed by atoms with van der Waals surface area (Å²) < 4.78 is 50.6. The van der Waals surface area contributed by atoms with Crippen LogP contribution in [0.1, 0.15) is 13.3 Å². The number of rotatable bonds is 6. The minimum absolute atomic E-state index is 0.0932. The van der Waals surface area contributed by atoms with Gasteiger partial charge in [0.25, 0.3) is 10.0 Å². The topological polar surface area (TPSA) is 96.4 Å². The zero-order chi connectivity index (χ0) is 18.8. The van der Waals surface area contributed by atoms with Gasteiger partial charge in [0.2, 0.25) is 0 Å². The molecular weight excluding hydrogens is 374 g/mol. The molecule has 1 fully saturated rings. The number of anilines is 2. The summed E-state index contributed by atoms with van der Waals surface area (Å²) in [5.41, 5.74) is 0.354. The average molecular weight is 396 g/mol. The summed E-state index contributed by atoms with van der Waals surface area (Å²) in [6, 6.07) is 11.3. The first-order valence-corrected chi connectivity index (χ1v) is 11.6. The number of nitrogens with one attached hydrogen (secondary N) is 1. The van der Waals surface area contributed by atoms with Crippen LogP contribution >= 0.6 is 0 Å². The molecule has 0 bridgehead atoms. The highest BCUT2D eigenvalue weighted by molar-refractivity contribution is 7.92. The fourth-order valence-electron chi connectivity index (χ4n) is 3.06. The van der Waals surface area contributed by atoms with Crippen molar-refractivity contribution in [2.45, 2.75) is 24.3 Å². The predicted molar refractivity (Wildman–Crippen MR) is 102 cm³/mol. The first kappa shape index (κ1) is 18.7. The summed E-state index contributed by atoms with van der Waals surface area (Å²) in [4.78, 5) is 6.44. The van der Waals surface area contributed by atoms with Crippen LogP contribution in [0.25, 0.3) is 0 Å². The van der Waals surface area contributed by atoms with Crippen molar-refractivity contribution in [1.82, 2.24) is 4.98 Å². The number of hydrogen-bond donors (Lipinski definition) is 1. The summed E-state index contributed by atoms with van der Waals surface area (Å²) in [5.74, 6) is 0.964. The predicted octanol–water partition coefficient (Wildman–Crippen LogP) is 1.90. The van der Waals surface area contributed by atoms with Crippen LogP contribution in [0.3, 0.4) is 0 Å². The molecule has 1 aliphatic rings. The SMILES string of the molecule is CCN(c1ccc(NS(=O)(=O)c2ccccc2)cn1)C1CCS(=O)(=O)C1. The second kappa shape index (κ2) is 7.24. The largest absolute Gasteiger partial charge is 0.353 e. The van der Waals surface area contributed by atoms with E-state index in [-0.39, 0.29) is 22.4 Å². The molecule has 1 aliphatic heterocycles. The Bertz CT molecular complexity index is 959. The number of nitrogens with zero attached hydrogens (tertiary/aromatic N) is 2. The van der Waals surface area contributed by atoms with Gasteiger partial charge in [0, 0.05) is 12.6 Å². The molecule has 2 aromatic rings. The normalized spacial score (nSPS) is 19.2. The Morgan fingerprint density at radius 3 is 2.46 bits per heavy atom. The van der Waals surface area contributed by atoms with Gasteiger partial charge in [-0.15, -0.1) is 0 Å². The Labute approximate surface area is 154 Å². The third-order valence-electron chi connectivity index (χ3n) is 4.34. The number of pyridine rings is 1. The number of sulfonamides is 1. The van der Waals surface area contributed by atoms with E-state index in [1.165, 1.54) is 18.3 Å². The van der Waals surface area contributed by atoms with Crippen molar-refractivity contribution < 1.29 is 16.8 Å². The Morgan fingerprint density at radius 2 is 1.92 bits per heavy atom. The van der Waals surface area contributed by atoms with Crippen molar-refractivity contribution in [3.05, 3.63) is 48.7 Å². The Hall–Kier alpha value is -2.13. The van der Waals surface area contributed by atoms with E-state index in [0.717, 1.165) is 0 Å². The maximum atomic E-state index is 12.3. The van der Waals surface area contributed by atoms with Crippen LogP contribution in [0.5, 0.6) is 0 Å². The highest BCUT2D eigenvalue weighted by Crippen LogP contribution is 2.24. The molecule has 140 valence electrons. The van der Waals surface area contributed by atoms with Gasteiger partial charge in [-0.2, -0.15) is 0 Å². The van der Waals surface area contributed by atoms with Crippen LogP contribution in [-0.2, 0) is 19.9 Å². The molecule has 0 radical (unpaired) electrons. The van der Waals surface area contributed by atoms with Crippen LogP contribution in [0.2, 0.25) is 0 Å². The smallest absolute Gasteiger partial charge is 0.261 e. The Kier molecular flexibility index (Phi) is 5.19. The fourth-order valence-corrected chi connectivity index (χ4v) is 5.85. The molecule has 0 amide bonds.